The van der Waals surface area contributed by atoms with E-state index in [1.54, 1.807) is 7.11 Å². The highest BCUT2D eigenvalue weighted by Gasteiger charge is 2.27. The van der Waals surface area contributed by atoms with Gasteiger partial charge in [0.05, 0.1) is 18.5 Å². The highest BCUT2D eigenvalue weighted by atomic mass is 16.5. The molecule has 1 saturated carbocycles. The molecule has 2 unspecified atom stereocenters. The average Bonchev–Trinajstić information content (AvgIpc) is 2.57. The molecule has 0 aromatic heterocycles. The second kappa shape index (κ2) is 4.47. The van der Waals surface area contributed by atoms with Gasteiger partial charge in [-0.25, -0.2) is 0 Å². The predicted octanol–water partition coefficient (Wildman–Crippen LogP) is 3.09. The molecule has 0 bridgehead atoms. The number of hydrogen-bond donors (Lipinski definition) is 2. The highest BCUT2D eigenvalue weighted by Crippen LogP contribution is 2.35. The third-order valence-electron chi connectivity index (χ3n) is 4.03. The molecule has 0 amide bonds. The molecular weight excluding hydrogens is 212 g/mol. The predicted molar refractivity (Wildman–Crippen MR) is 70.9 cm³/mol. The number of benzene rings is 1. The molecule has 1 aromatic carbocycles. The molecule has 1 fully saturated rings. The van der Waals surface area contributed by atoms with E-state index >= 15 is 0 Å². The Kier molecular flexibility index (Phi) is 2.83. The molecule has 1 aliphatic carbocycles. The topological polar surface area (TPSA) is 33.3 Å². The maximum atomic E-state index is 5.27. The van der Waals surface area contributed by atoms with E-state index in [1.165, 1.54) is 37.1 Å². The number of anilines is 2. The fourth-order valence-corrected chi connectivity index (χ4v) is 3.01. The maximum absolute atomic E-state index is 5.27. The molecule has 1 heterocycles. The third kappa shape index (κ3) is 2.06. The van der Waals surface area contributed by atoms with Gasteiger partial charge >= 0.3 is 0 Å². The Labute approximate surface area is 103 Å². The first-order chi connectivity index (χ1) is 8.36. The van der Waals surface area contributed by atoms with Crippen LogP contribution < -0.4 is 15.4 Å². The van der Waals surface area contributed by atoms with Crippen LogP contribution in [0.1, 0.15) is 25.7 Å². The van der Waals surface area contributed by atoms with Gasteiger partial charge in [-0.1, -0.05) is 12.8 Å². The largest absolute Gasteiger partial charge is 0.497 e. The first-order valence-corrected chi connectivity index (χ1v) is 6.55. The minimum atomic E-state index is 0.644. The molecule has 1 aliphatic heterocycles. The molecule has 0 saturated heterocycles. The van der Waals surface area contributed by atoms with E-state index < -0.39 is 0 Å². The van der Waals surface area contributed by atoms with Gasteiger partial charge in [-0.15, -0.1) is 0 Å². The molecule has 2 atom stereocenters. The standard InChI is InChI=1S/C14H20N2O/c1-17-11-6-7-13-14(8-11)15-9-10-4-2-3-5-12(10)16-13/h6-8,10,12,15-16H,2-5,9H2,1H3. The van der Waals surface area contributed by atoms with Gasteiger partial charge in [0.1, 0.15) is 5.75 Å². The maximum Gasteiger partial charge on any atom is 0.121 e. The van der Waals surface area contributed by atoms with Crippen LogP contribution in [0.5, 0.6) is 5.75 Å². The zero-order valence-electron chi connectivity index (χ0n) is 10.3. The zero-order chi connectivity index (χ0) is 11.7. The summed E-state index contributed by atoms with van der Waals surface area (Å²) in [7, 11) is 1.71. The van der Waals surface area contributed by atoms with E-state index in [0.29, 0.717) is 6.04 Å². The van der Waals surface area contributed by atoms with Gasteiger partial charge in [0, 0.05) is 18.7 Å². The van der Waals surface area contributed by atoms with Crippen molar-refractivity contribution in [3.63, 3.8) is 0 Å². The lowest BCUT2D eigenvalue weighted by Crippen LogP contribution is -2.34. The van der Waals surface area contributed by atoms with E-state index in [2.05, 4.69) is 22.8 Å². The molecule has 2 N–H and O–H groups in total. The molecule has 3 heteroatoms. The van der Waals surface area contributed by atoms with Crippen molar-refractivity contribution in [3.8, 4) is 5.75 Å². The van der Waals surface area contributed by atoms with Crippen molar-refractivity contribution in [2.75, 3.05) is 24.3 Å². The van der Waals surface area contributed by atoms with Crippen LogP contribution in [-0.2, 0) is 0 Å². The summed E-state index contributed by atoms with van der Waals surface area (Å²) in [6, 6.07) is 6.87. The Balaban J connectivity index is 1.87. The average molecular weight is 232 g/mol. The second-order valence-electron chi connectivity index (χ2n) is 5.09. The SMILES string of the molecule is COc1ccc2c(c1)NCC1CCCCC1N2. The molecule has 3 nitrogen and oxygen atoms in total. The van der Waals surface area contributed by atoms with Crippen molar-refractivity contribution in [2.24, 2.45) is 5.92 Å². The minimum Gasteiger partial charge on any atom is -0.497 e. The van der Waals surface area contributed by atoms with Gasteiger partial charge in [0.2, 0.25) is 0 Å². The summed E-state index contributed by atoms with van der Waals surface area (Å²) in [6.07, 6.45) is 5.39. The Morgan fingerprint density at radius 1 is 1.18 bits per heavy atom. The first-order valence-electron chi connectivity index (χ1n) is 6.55. The van der Waals surface area contributed by atoms with Crippen molar-refractivity contribution in [3.05, 3.63) is 18.2 Å². The Bertz CT molecular complexity index is 405. The molecule has 17 heavy (non-hydrogen) atoms. The van der Waals surface area contributed by atoms with Crippen molar-refractivity contribution in [1.82, 2.24) is 0 Å². The van der Waals surface area contributed by atoms with Crippen molar-refractivity contribution in [1.29, 1.82) is 0 Å². The zero-order valence-corrected chi connectivity index (χ0v) is 10.3. The highest BCUT2D eigenvalue weighted by molar-refractivity contribution is 5.72. The lowest BCUT2D eigenvalue weighted by Gasteiger charge is -2.30. The van der Waals surface area contributed by atoms with Crippen molar-refractivity contribution >= 4 is 11.4 Å². The summed E-state index contributed by atoms with van der Waals surface area (Å²) in [5, 5.41) is 7.25. The van der Waals surface area contributed by atoms with Gasteiger partial charge in [-0.3, -0.25) is 0 Å². The van der Waals surface area contributed by atoms with Crippen LogP contribution in [0, 0.1) is 5.92 Å². The second-order valence-corrected chi connectivity index (χ2v) is 5.09. The van der Waals surface area contributed by atoms with E-state index in [1.807, 2.05) is 6.07 Å². The van der Waals surface area contributed by atoms with E-state index in [9.17, 15) is 0 Å². The van der Waals surface area contributed by atoms with Crippen LogP contribution in [0.2, 0.25) is 0 Å². The van der Waals surface area contributed by atoms with Crippen molar-refractivity contribution < 1.29 is 4.74 Å². The van der Waals surface area contributed by atoms with Crippen LogP contribution in [0.15, 0.2) is 18.2 Å². The van der Waals surface area contributed by atoms with Gasteiger partial charge in [0.15, 0.2) is 0 Å². The number of nitrogens with one attached hydrogen (secondary N) is 2. The van der Waals surface area contributed by atoms with Gasteiger partial charge in [-0.05, 0) is 30.9 Å². The fraction of sp³-hybridized carbons (Fsp3) is 0.571. The first kappa shape index (κ1) is 10.8. The van der Waals surface area contributed by atoms with E-state index in [0.717, 1.165) is 18.2 Å². The summed E-state index contributed by atoms with van der Waals surface area (Å²) >= 11 is 0. The molecule has 2 aliphatic rings. The number of rotatable bonds is 1. The Morgan fingerprint density at radius 2 is 2.06 bits per heavy atom. The molecule has 0 spiro atoms. The van der Waals surface area contributed by atoms with Crippen LogP contribution in [0.3, 0.4) is 0 Å². The van der Waals surface area contributed by atoms with Gasteiger partial charge in [-0.2, -0.15) is 0 Å². The normalized spacial score (nSPS) is 26.9. The molecule has 3 rings (SSSR count). The number of hydrogen-bond acceptors (Lipinski definition) is 3. The van der Waals surface area contributed by atoms with Gasteiger partial charge in [0.25, 0.3) is 0 Å². The van der Waals surface area contributed by atoms with Crippen LogP contribution >= 0.6 is 0 Å². The number of ether oxygens (including phenoxy) is 1. The van der Waals surface area contributed by atoms with E-state index in [4.69, 9.17) is 4.74 Å². The summed E-state index contributed by atoms with van der Waals surface area (Å²) < 4.78 is 5.27. The number of fused-ring (bicyclic) bond motifs is 2. The molecule has 1 aromatic rings. The lowest BCUT2D eigenvalue weighted by molar-refractivity contribution is 0.342. The quantitative estimate of drug-likeness (QED) is 0.780. The van der Waals surface area contributed by atoms with Gasteiger partial charge < -0.3 is 15.4 Å². The molecule has 0 radical (unpaired) electrons. The summed E-state index contributed by atoms with van der Waals surface area (Å²) in [5.74, 6) is 1.69. The monoisotopic (exact) mass is 232 g/mol. The fourth-order valence-electron chi connectivity index (χ4n) is 3.01. The molecule has 92 valence electrons. The van der Waals surface area contributed by atoms with E-state index in [-0.39, 0.29) is 0 Å². The van der Waals surface area contributed by atoms with Crippen molar-refractivity contribution in [2.45, 2.75) is 31.7 Å². The van der Waals surface area contributed by atoms with Crippen LogP contribution in [-0.4, -0.2) is 19.7 Å². The number of methoxy groups -OCH3 is 1. The summed E-state index contributed by atoms with van der Waals surface area (Å²) in [5.41, 5.74) is 2.40. The minimum absolute atomic E-state index is 0.644. The van der Waals surface area contributed by atoms with Crippen LogP contribution in [0.4, 0.5) is 11.4 Å². The summed E-state index contributed by atoms with van der Waals surface area (Å²) in [4.78, 5) is 0. The Hall–Kier alpha value is -1.38. The van der Waals surface area contributed by atoms with Crippen LogP contribution in [0.25, 0.3) is 0 Å². The Morgan fingerprint density at radius 3 is 2.94 bits per heavy atom. The summed E-state index contributed by atoms with van der Waals surface area (Å²) in [6.45, 7) is 1.08. The lowest BCUT2D eigenvalue weighted by atomic mass is 9.84. The third-order valence-corrected chi connectivity index (χ3v) is 4.03. The molecular formula is C14H20N2O. The smallest absolute Gasteiger partial charge is 0.121 e.